The lowest BCUT2D eigenvalue weighted by atomic mass is 10.3. The van der Waals surface area contributed by atoms with Crippen LogP contribution in [0.25, 0.3) is 11.0 Å². The number of aromatic amines is 1. The molecule has 2 aromatic rings. The summed E-state index contributed by atoms with van der Waals surface area (Å²) in [7, 11) is -2.90. The van der Waals surface area contributed by atoms with E-state index in [1.165, 1.54) is 18.2 Å². The monoisotopic (exact) mass is 268 g/mol. The SMILES string of the molecule is O=C(N=S(=O)=O)c1nc2c([N+](=O)[O-])cccc2[nH]1. The van der Waals surface area contributed by atoms with Gasteiger partial charge in [0.15, 0.2) is 5.52 Å². The number of nitro groups is 1. The molecule has 0 aliphatic carbocycles. The smallest absolute Gasteiger partial charge is 0.327 e. The van der Waals surface area contributed by atoms with E-state index in [2.05, 4.69) is 14.3 Å². The van der Waals surface area contributed by atoms with Crippen molar-refractivity contribution in [3.8, 4) is 0 Å². The van der Waals surface area contributed by atoms with Crippen LogP contribution in [0.5, 0.6) is 0 Å². The van der Waals surface area contributed by atoms with Crippen molar-refractivity contribution in [2.45, 2.75) is 0 Å². The summed E-state index contributed by atoms with van der Waals surface area (Å²) < 4.78 is 23.2. The van der Waals surface area contributed by atoms with Crippen molar-refractivity contribution in [3.63, 3.8) is 0 Å². The van der Waals surface area contributed by atoms with Gasteiger partial charge in [-0.2, -0.15) is 8.42 Å². The van der Waals surface area contributed by atoms with E-state index in [1.807, 2.05) is 0 Å². The first-order valence-electron chi connectivity index (χ1n) is 4.47. The second-order valence-corrected chi connectivity index (χ2v) is 3.75. The van der Waals surface area contributed by atoms with E-state index < -0.39 is 21.3 Å². The van der Waals surface area contributed by atoms with Gasteiger partial charge >= 0.3 is 16.4 Å². The zero-order valence-electron chi connectivity index (χ0n) is 8.52. The minimum atomic E-state index is -2.90. The number of hydrogen-bond acceptors (Lipinski definition) is 6. The van der Waals surface area contributed by atoms with E-state index >= 15 is 0 Å². The Labute approximate surface area is 100 Å². The van der Waals surface area contributed by atoms with Gasteiger partial charge in [0.1, 0.15) is 0 Å². The van der Waals surface area contributed by atoms with Crippen LogP contribution in [0.2, 0.25) is 0 Å². The number of non-ortho nitro benzene ring substituents is 1. The topological polar surface area (TPSA) is 135 Å². The van der Waals surface area contributed by atoms with E-state index in [0.29, 0.717) is 0 Å². The van der Waals surface area contributed by atoms with Crippen LogP contribution in [0, 0.1) is 10.1 Å². The minimum Gasteiger partial charge on any atom is -0.333 e. The summed E-state index contributed by atoms with van der Waals surface area (Å²) >= 11 is 0. The normalized spacial score (nSPS) is 10.2. The number of nitrogens with zero attached hydrogens (tertiary/aromatic N) is 3. The molecule has 0 bridgehead atoms. The zero-order valence-corrected chi connectivity index (χ0v) is 9.34. The molecule has 0 spiro atoms. The zero-order chi connectivity index (χ0) is 13.3. The van der Waals surface area contributed by atoms with E-state index in [4.69, 9.17) is 0 Å². The average Bonchev–Trinajstić information content (AvgIpc) is 2.70. The fraction of sp³-hybridized carbons (Fsp3) is 0. The Morgan fingerprint density at radius 3 is 2.78 bits per heavy atom. The number of rotatable bonds is 2. The van der Waals surface area contributed by atoms with E-state index in [1.54, 1.807) is 0 Å². The Bertz CT molecular complexity index is 783. The molecule has 0 fully saturated rings. The van der Waals surface area contributed by atoms with E-state index in [-0.39, 0.29) is 22.5 Å². The number of fused-ring (bicyclic) bond motifs is 1. The van der Waals surface area contributed by atoms with Gasteiger partial charge in [-0.15, -0.1) is 0 Å². The van der Waals surface area contributed by atoms with Gasteiger partial charge in [0, 0.05) is 6.07 Å². The first-order valence-corrected chi connectivity index (χ1v) is 5.51. The van der Waals surface area contributed by atoms with Crippen LogP contribution in [0.1, 0.15) is 10.6 Å². The molecule has 0 atom stereocenters. The molecule has 1 N–H and O–H groups in total. The third kappa shape index (κ3) is 2.08. The van der Waals surface area contributed by atoms with Crippen molar-refractivity contribution in [2.24, 2.45) is 4.36 Å². The maximum atomic E-state index is 11.3. The Kier molecular flexibility index (Phi) is 2.85. The number of carbonyl (C=O) groups is 1. The maximum Gasteiger partial charge on any atom is 0.327 e. The fourth-order valence-electron chi connectivity index (χ4n) is 1.38. The second-order valence-electron chi connectivity index (χ2n) is 3.13. The van der Waals surface area contributed by atoms with Crippen molar-refractivity contribution in [1.82, 2.24) is 9.97 Å². The van der Waals surface area contributed by atoms with Gasteiger partial charge in [-0.1, -0.05) is 10.4 Å². The van der Waals surface area contributed by atoms with Gasteiger partial charge in [0.05, 0.1) is 10.4 Å². The standard InChI is InChI=1S/C8H4N4O5S/c13-8(11-18(16)17)7-9-4-2-1-3-5(12(14)15)6(4)10-7/h1-3H,(H,9,10). The second kappa shape index (κ2) is 4.33. The van der Waals surface area contributed by atoms with E-state index in [9.17, 15) is 23.3 Å². The van der Waals surface area contributed by atoms with Gasteiger partial charge in [0.2, 0.25) is 5.82 Å². The number of nitrogens with one attached hydrogen (secondary N) is 1. The molecule has 0 radical (unpaired) electrons. The lowest BCUT2D eigenvalue weighted by Crippen LogP contribution is -1.96. The number of hydrogen-bond donors (Lipinski definition) is 1. The summed E-state index contributed by atoms with van der Waals surface area (Å²) in [5.74, 6) is -1.49. The molecule has 9 nitrogen and oxygen atoms in total. The molecule has 18 heavy (non-hydrogen) atoms. The molecule has 1 aromatic heterocycles. The predicted molar refractivity (Wildman–Crippen MR) is 58.4 cm³/mol. The van der Waals surface area contributed by atoms with Crippen molar-refractivity contribution >= 4 is 33.1 Å². The van der Waals surface area contributed by atoms with Crippen LogP contribution in [-0.2, 0) is 10.5 Å². The number of aromatic nitrogens is 2. The maximum absolute atomic E-state index is 11.3. The third-order valence-corrected chi connectivity index (χ3v) is 2.36. The van der Waals surface area contributed by atoms with Crippen LogP contribution in [0.4, 0.5) is 5.69 Å². The lowest BCUT2D eigenvalue weighted by Gasteiger charge is -1.90. The Morgan fingerprint density at radius 1 is 1.44 bits per heavy atom. The van der Waals surface area contributed by atoms with Gasteiger partial charge in [-0.3, -0.25) is 14.9 Å². The fourth-order valence-corrected chi connectivity index (χ4v) is 1.60. The highest BCUT2D eigenvalue weighted by molar-refractivity contribution is 7.62. The predicted octanol–water partition coefficient (Wildman–Crippen LogP) is 0.674. The summed E-state index contributed by atoms with van der Waals surface area (Å²) in [6.07, 6.45) is 0. The van der Waals surface area contributed by atoms with Crippen LogP contribution in [0.15, 0.2) is 22.6 Å². The highest BCUT2D eigenvalue weighted by atomic mass is 32.2. The number of H-pyrrole nitrogens is 1. The van der Waals surface area contributed by atoms with Gasteiger partial charge in [0.25, 0.3) is 5.69 Å². The highest BCUT2D eigenvalue weighted by Gasteiger charge is 2.18. The highest BCUT2D eigenvalue weighted by Crippen LogP contribution is 2.23. The molecule has 2 rings (SSSR count). The summed E-state index contributed by atoms with van der Waals surface area (Å²) in [4.78, 5) is 27.5. The minimum absolute atomic E-state index is 0.0299. The van der Waals surface area contributed by atoms with E-state index in [0.717, 1.165) is 0 Å². The molecular weight excluding hydrogens is 264 g/mol. The number of benzene rings is 1. The van der Waals surface area contributed by atoms with Gasteiger partial charge in [-0.05, 0) is 6.07 Å². The molecular formula is C8H4N4O5S. The first kappa shape index (κ1) is 11.9. The number of nitro benzene ring substituents is 1. The quantitative estimate of drug-likeness (QED) is 0.628. The van der Waals surface area contributed by atoms with Gasteiger partial charge < -0.3 is 4.98 Å². The molecule has 0 aliphatic heterocycles. The number of carbonyl (C=O) groups excluding carboxylic acids is 1. The average molecular weight is 268 g/mol. The first-order chi connectivity index (χ1) is 8.49. The van der Waals surface area contributed by atoms with Crippen LogP contribution >= 0.6 is 0 Å². The summed E-state index contributed by atoms with van der Waals surface area (Å²) in [6.45, 7) is 0. The molecule has 0 aliphatic rings. The Balaban J connectivity index is 2.64. The van der Waals surface area contributed by atoms with Crippen molar-refractivity contribution in [3.05, 3.63) is 34.1 Å². The molecule has 0 unspecified atom stereocenters. The van der Waals surface area contributed by atoms with Crippen LogP contribution in [0.3, 0.4) is 0 Å². The third-order valence-electron chi connectivity index (χ3n) is 2.05. The van der Waals surface area contributed by atoms with Gasteiger partial charge in [-0.25, -0.2) is 4.98 Å². The lowest BCUT2D eigenvalue weighted by molar-refractivity contribution is -0.383. The molecule has 0 saturated heterocycles. The molecule has 0 saturated carbocycles. The van der Waals surface area contributed by atoms with Crippen molar-refractivity contribution in [2.75, 3.05) is 0 Å². The Morgan fingerprint density at radius 2 is 2.17 bits per heavy atom. The largest absolute Gasteiger partial charge is 0.333 e. The number of amides is 1. The summed E-state index contributed by atoms with van der Waals surface area (Å²) in [5, 5.41) is 10.7. The van der Waals surface area contributed by atoms with Crippen LogP contribution < -0.4 is 0 Å². The summed E-state index contributed by atoms with van der Waals surface area (Å²) in [6, 6.07) is 4.11. The van der Waals surface area contributed by atoms with Crippen molar-refractivity contribution < 1.29 is 18.1 Å². The Hall–Kier alpha value is -2.62. The molecule has 1 amide bonds. The molecule has 1 heterocycles. The van der Waals surface area contributed by atoms with Crippen LogP contribution in [-0.4, -0.2) is 29.2 Å². The molecule has 10 heteroatoms. The molecule has 92 valence electrons. The summed E-state index contributed by atoms with van der Waals surface area (Å²) in [5.41, 5.74) is -0.0665. The van der Waals surface area contributed by atoms with Crippen molar-refractivity contribution in [1.29, 1.82) is 0 Å². The molecule has 1 aromatic carbocycles. The number of para-hydroxylation sites is 1. The number of imidazole rings is 1.